The molecule has 132 valence electrons. The summed E-state index contributed by atoms with van der Waals surface area (Å²) in [5, 5.41) is 5.29. The van der Waals surface area contributed by atoms with E-state index in [0.717, 1.165) is 21.6 Å². The maximum atomic E-state index is 12.1. The number of nitrogens with one attached hydrogen (secondary N) is 2. The molecule has 0 saturated heterocycles. The van der Waals surface area contributed by atoms with Gasteiger partial charge in [-0.15, -0.1) is 11.3 Å². The third-order valence-electron chi connectivity index (χ3n) is 3.79. The number of carbonyl (C=O) groups excluding carboxylic acids is 3. The maximum Gasteiger partial charge on any atom is 0.313 e. The summed E-state index contributed by atoms with van der Waals surface area (Å²) in [5.74, 6) is -1.31. The predicted molar refractivity (Wildman–Crippen MR) is 100 cm³/mol. The van der Waals surface area contributed by atoms with Crippen molar-refractivity contribution in [2.45, 2.75) is 34.1 Å². The van der Waals surface area contributed by atoms with E-state index in [2.05, 4.69) is 10.6 Å². The van der Waals surface area contributed by atoms with Crippen LogP contribution in [-0.4, -0.2) is 24.1 Å². The normalized spacial score (nSPS) is 10.4. The number of Topliss-reactive ketones (excluding diaryl/α,β-unsaturated/α-hetero) is 1. The van der Waals surface area contributed by atoms with Gasteiger partial charge in [0.2, 0.25) is 0 Å². The Kier molecular flexibility index (Phi) is 6.09. The molecule has 2 amide bonds. The second kappa shape index (κ2) is 8.07. The van der Waals surface area contributed by atoms with Crippen molar-refractivity contribution < 1.29 is 14.4 Å². The number of hydrogen-bond acceptors (Lipinski definition) is 4. The van der Waals surface area contributed by atoms with Crippen LogP contribution in [0.2, 0.25) is 0 Å². The van der Waals surface area contributed by atoms with Gasteiger partial charge < -0.3 is 10.6 Å². The highest BCUT2D eigenvalue weighted by Crippen LogP contribution is 2.21. The summed E-state index contributed by atoms with van der Waals surface area (Å²) < 4.78 is 0. The molecular formula is C19H22N2O3S. The molecule has 0 unspecified atom stereocenters. The molecular weight excluding hydrogens is 336 g/mol. The van der Waals surface area contributed by atoms with Crippen LogP contribution in [0, 0.1) is 20.8 Å². The summed E-state index contributed by atoms with van der Waals surface area (Å²) in [5.41, 5.74) is 3.64. The molecule has 1 aromatic heterocycles. The number of aryl methyl sites for hydroxylation is 3. The molecule has 25 heavy (non-hydrogen) atoms. The van der Waals surface area contributed by atoms with E-state index in [1.807, 2.05) is 39.0 Å². The molecule has 2 rings (SSSR count). The van der Waals surface area contributed by atoms with Crippen molar-refractivity contribution in [3.8, 4) is 0 Å². The van der Waals surface area contributed by atoms with Crippen LogP contribution in [0.5, 0.6) is 0 Å². The first-order valence-corrected chi connectivity index (χ1v) is 8.86. The minimum absolute atomic E-state index is 0.0310. The summed E-state index contributed by atoms with van der Waals surface area (Å²) in [6.07, 6.45) is 0.583. The maximum absolute atomic E-state index is 12.1. The average Bonchev–Trinajstić information content (AvgIpc) is 2.99. The SMILES string of the molecule is CC(=O)c1ccc(CCNC(=O)C(=O)Nc2c(C)cc(C)cc2C)s1. The minimum atomic E-state index is -0.675. The molecule has 0 aliphatic rings. The van der Waals surface area contributed by atoms with Crippen LogP contribution >= 0.6 is 11.3 Å². The Balaban J connectivity index is 1.88. The Labute approximate surface area is 151 Å². The Morgan fingerprint density at radius 1 is 1.00 bits per heavy atom. The van der Waals surface area contributed by atoms with Crippen LogP contribution in [0.4, 0.5) is 5.69 Å². The lowest BCUT2D eigenvalue weighted by molar-refractivity contribution is -0.136. The fourth-order valence-electron chi connectivity index (χ4n) is 2.63. The van der Waals surface area contributed by atoms with Crippen LogP contribution in [0.1, 0.15) is 38.2 Å². The fraction of sp³-hybridized carbons (Fsp3) is 0.316. The first-order chi connectivity index (χ1) is 11.8. The van der Waals surface area contributed by atoms with E-state index in [-0.39, 0.29) is 5.78 Å². The smallest absolute Gasteiger partial charge is 0.313 e. The van der Waals surface area contributed by atoms with E-state index in [1.165, 1.54) is 18.3 Å². The van der Waals surface area contributed by atoms with Gasteiger partial charge in [-0.2, -0.15) is 0 Å². The lowest BCUT2D eigenvalue weighted by atomic mass is 10.1. The largest absolute Gasteiger partial charge is 0.347 e. The highest BCUT2D eigenvalue weighted by molar-refractivity contribution is 7.14. The van der Waals surface area contributed by atoms with Crippen LogP contribution in [-0.2, 0) is 16.0 Å². The van der Waals surface area contributed by atoms with Gasteiger partial charge in [0.25, 0.3) is 0 Å². The topological polar surface area (TPSA) is 75.3 Å². The molecule has 0 atom stereocenters. The van der Waals surface area contributed by atoms with Crippen molar-refractivity contribution in [2.75, 3.05) is 11.9 Å². The fourth-order valence-corrected chi connectivity index (χ4v) is 3.53. The van der Waals surface area contributed by atoms with Gasteiger partial charge >= 0.3 is 11.8 Å². The number of rotatable bonds is 5. The molecule has 0 saturated carbocycles. The number of thiophene rings is 1. The van der Waals surface area contributed by atoms with Crippen molar-refractivity contribution in [3.63, 3.8) is 0 Å². The summed E-state index contributed by atoms with van der Waals surface area (Å²) in [6.45, 7) is 7.65. The molecule has 0 fully saturated rings. The zero-order valence-corrected chi connectivity index (χ0v) is 15.7. The van der Waals surface area contributed by atoms with Gasteiger partial charge in [-0.25, -0.2) is 0 Å². The van der Waals surface area contributed by atoms with E-state index in [4.69, 9.17) is 0 Å². The molecule has 0 aliphatic heterocycles. The van der Waals surface area contributed by atoms with Crippen molar-refractivity contribution in [3.05, 3.63) is 50.7 Å². The standard InChI is InChI=1S/C19H22N2O3S/c1-11-9-12(2)17(13(3)10-11)21-19(24)18(23)20-8-7-15-5-6-16(25-15)14(4)22/h5-6,9-10H,7-8H2,1-4H3,(H,20,23)(H,21,24). The third-order valence-corrected chi connectivity index (χ3v) is 5.03. The average molecular weight is 358 g/mol. The zero-order chi connectivity index (χ0) is 18.6. The number of benzene rings is 1. The highest BCUT2D eigenvalue weighted by atomic mass is 32.1. The van der Waals surface area contributed by atoms with Crippen LogP contribution in [0.3, 0.4) is 0 Å². The number of ketones is 1. The van der Waals surface area contributed by atoms with Gasteiger partial charge in [-0.1, -0.05) is 17.7 Å². The molecule has 0 bridgehead atoms. The van der Waals surface area contributed by atoms with Gasteiger partial charge in [-0.05, 0) is 57.4 Å². The van der Waals surface area contributed by atoms with E-state index in [0.29, 0.717) is 23.5 Å². The second-order valence-electron chi connectivity index (χ2n) is 6.06. The van der Waals surface area contributed by atoms with Gasteiger partial charge in [-0.3, -0.25) is 14.4 Å². The van der Waals surface area contributed by atoms with Crippen LogP contribution in [0.25, 0.3) is 0 Å². The van der Waals surface area contributed by atoms with Gasteiger partial charge in [0.15, 0.2) is 5.78 Å². The Morgan fingerprint density at radius 3 is 2.20 bits per heavy atom. The molecule has 1 aromatic carbocycles. The number of carbonyl (C=O) groups is 3. The number of hydrogen-bond donors (Lipinski definition) is 2. The van der Waals surface area contributed by atoms with Crippen LogP contribution < -0.4 is 10.6 Å². The number of anilines is 1. The molecule has 0 aliphatic carbocycles. The van der Waals surface area contributed by atoms with Gasteiger partial charge in [0.1, 0.15) is 0 Å². The van der Waals surface area contributed by atoms with E-state index < -0.39 is 11.8 Å². The van der Waals surface area contributed by atoms with Crippen molar-refractivity contribution in [1.82, 2.24) is 5.32 Å². The van der Waals surface area contributed by atoms with E-state index >= 15 is 0 Å². The quantitative estimate of drug-likeness (QED) is 0.637. The first-order valence-electron chi connectivity index (χ1n) is 8.04. The van der Waals surface area contributed by atoms with E-state index in [1.54, 1.807) is 6.07 Å². The Hall–Kier alpha value is -2.47. The summed E-state index contributed by atoms with van der Waals surface area (Å²) >= 11 is 1.41. The summed E-state index contributed by atoms with van der Waals surface area (Å²) in [7, 11) is 0. The molecule has 2 aromatic rings. The lowest BCUT2D eigenvalue weighted by Gasteiger charge is -2.12. The number of amides is 2. The van der Waals surface area contributed by atoms with Crippen molar-refractivity contribution >= 4 is 34.6 Å². The highest BCUT2D eigenvalue weighted by Gasteiger charge is 2.16. The summed E-state index contributed by atoms with van der Waals surface area (Å²) in [6, 6.07) is 7.57. The molecule has 0 spiro atoms. The van der Waals surface area contributed by atoms with Crippen LogP contribution in [0.15, 0.2) is 24.3 Å². The Morgan fingerprint density at radius 2 is 1.64 bits per heavy atom. The molecule has 0 radical (unpaired) electrons. The van der Waals surface area contributed by atoms with Gasteiger partial charge in [0.05, 0.1) is 4.88 Å². The lowest BCUT2D eigenvalue weighted by Crippen LogP contribution is -2.36. The second-order valence-corrected chi connectivity index (χ2v) is 7.22. The first kappa shape index (κ1) is 18.9. The third kappa shape index (κ3) is 5.00. The summed E-state index contributed by atoms with van der Waals surface area (Å²) in [4.78, 5) is 37.0. The zero-order valence-electron chi connectivity index (χ0n) is 14.9. The molecule has 1 heterocycles. The molecule has 6 heteroatoms. The monoisotopic (exact) mass is 358 g/mol. The Bertz CT molecular complexity index is 801. The molecule has 2 N–H and O–H groups in total. The van der Waals surface area contributed by atoms with Gasteiger partial charge in [0, 0.05) is 17.1 Å². The van der Waals surface area contributed by atoms with E-state index in [9.17, 15) is 14.4 Å². The predicted octanol–water partition coefficient (Wildman–Crippen LogP) is 3.17. The molecule has 5 nitrogen and oxygen atoms in total. The minimum Gasteiger partial charge on any atom is -0.347 e. The van der Waals surface area contributed by atoms with Crippen molar-refractivity contribution in [1.29, 1.82) is 0 Å². The van der Waals surface area contributed by atoms with Crippen molar-refractivity contribution in [2.24, 2.45) is 0 Å².